The van der Waals surface area contributed by atoms with Crippen molar-refractivity contribution in [3.8, 4) is 0 Å². The summed E-state index contributed by atoms with van der Waals surface area (Å²) in [6.07, 6.45) is 0.0557. The molecule has 0 unspecified atom stereocenters. The zero-order chi connectivity index (χ0) is 24.7. The quantitative estimate of drug-likeness (QED) is 0.232. The lowest BCUT2D eigenvalue weighted by molar-refractivity contribution is -0.140. The third-order valence-electron chi connectivity index (χ3n) is 4.28. The molecule has 2 aromatic heterocycles. The van der Waals surface area contributed by atoms with Crippen LogP contribution in [0.5, 0.6) is 0 Å². The van der Waals surface area contributed by atoms with Gasteiger partial charge in [0.2, 0.25) is 11.9 Å². The van der Waals surface area contributed by atoms with Crippen molar-refractivity contribution >= 4 is 47.3 Å². The smallest absolute Gasteiger partial charge is 0.326 e. The number of nitrogens with zero attached hydrogens (tertiary/aromatic N) is 2. The summed E-state index contributed by atoms with van der Waals surface area (Å²) >= 11 is 0. The van der Waals surface area contributed by atoms with Gasteiger partial charge in [-0.05, 0) is 24.6 Å². The van der Waals surface area contributed by atoms with E-state index in [0.29, 0.717) is 0 Å². The minimum atomic E-state index is -1.43. The fraction of sp³-hybridized carbons (Fsp3) is 0.211. The van der Waals surface area contributed by atoms with Crippen molar-refractivity contribution < 1.29 is 29.4 Å². The summed E-state index contributed by atoms with van der Waals surface area (Å²) in [6.45, 7) is 3.56. The minimum absolute atomic E-state index is 0.0886. The number of aliphatic carboxylic acids is 2. The van der Waals surface area contributed by atoms with Crippen LogP contribution in [0.15, 0.2) is 23.5 Å². The Kier molecular flexibility index (Phi) is 7.82. The zero-order valence-electron chi connectivity index (χ0n) is 17.1. The number of hydrogen-bond donors (Lipinski definition) is 7. The van der Waals surface area contributed by atoms with Crippen LogP contribution in [0.1, 0.15) is 34.6 Å². The van der Waals surface area contributed by atoms with Crippen LogP contribution >= 0.6 is 0 Å². The van der Waals surface area contributed by atoms with Gasteiger partial charge in [-0.2, -0.15) is 4.98 Å². The molecule has 0 saturated heterocycles. The van der Waals surface area contributed by atoms with Crippen LogP contribution in [0.4, 0.5) is 17.5 Å². The van der Waals surface area contributed by atoms with Crippen molar-refractivity contribution in [3.63, 3.8) is 0 Å². The topological polar surface area (TPSA) is 243 Å². The molecule has 0 aromatic carbocycles. The number of aromatic amines is 1. The molecule has 0 aliphatic rings. The van der Waals surface area contributed by atoms with Gasteiger partial charge in [-0.15, -0.1) is 0 Å². The predicted molar refractivity (Wildman–Crippen MR) is 116 cm³/mol. The first-order chi connectivity index (χ1) is 15.5. The average molecular weight is 459 g/mol. The Morgan fingerprint density at radius 3 is 2.45 bits per heavy atom. The monoisotopic (exact) mass is 459 g/mol. The number of H-pyrrole nitrogens is 1. The van der Waals surface area contributed by atoms with E-state index in [-0.39, 0.29) is 40.8 Å². The second-order valence-electron chi connectivity index (χ2n) is 6.67. The van der Waals surface area contributed by atoms with Crippen molar-refractivity contribution in [2.75, 3.05) is 16.8 Å². The van der Waals surface area contributed by atoms with Crippen LogP contribution in [0.3, 0.4) is 0 Å². The van der Waals surface area contributed by atoms with E-state index in [0.717, 1.165) is 0 Å². The van der Waals surface area contributed by atoms with Gasteiger partial charge in [0.1, 0.15) is 17.6 Å². The van der Waals surface area contributed by atoms with Crippen LogP contribution < -0.4 is 27.7 Å². The van der Waals surface area contributed by atoms with E-state index in [4.69, 9.17) is 21.7 Å². The fourth-order valence-electron chi connectivity index (χ4n) is 2.68. The summed E-state index contributed by atoms with van der Waals surface area (Å²) in [4.78, 5) is 68.5. The van der Waals surface area contributed by atoms with Crippen molar-refractivity contribution in [3.05, 3.63) is 46.0 Å². The minimum Gasteiger partial charge on any atom is -0.481 e. The average Bonchev–Trinajstić information content (AvgIpc) is 2.73. The maximum Gasteiger partial charge on any atom is 0.326 e. The van der Waals surface area contributed by atoms with Crippen LogP contribution in [-0.2, 0) is 20.8 Å². The van der Waals surface area contributed by atoms with Crippen molar-refractivity contribution in [2.45, 2.75) is 25.3 Å². The number of amides is 2. The van der Waals surface area contributed by atoms with Gasteiger partial charge in [-0.25, -0.2) is 9.78 Å². The Balaban J connectivity index is 2.15. The van der Waals surface area contributed by atoms with Crippen molar-refractivity contribution in [1.82, 2.24) is 20.3 Å². The number of hydrogen-bond acceptors (Lipinski definition) is 9. The molecule has 1 atom stereocenters. The maximum atomic E-state index is 12.4. The summed E-state index contributed by atoms with van der Waals surface area (Å²) in [7, 11) is 0. The number of aromatic nitrogens is 3. The standard InChI is InChI=1S/C19H21N7O7/c1-2-9-10(23-13(27)7-8-15(20)25-19(21)26-16(8)30)3-4-11(22-9)17(31)24-12(18(32)33)5-6-14(28)29/h2-4,12H,1,5-7H2,(H,23,27)(H,24,31)(H,28,29)(H,32,33)(H5,20,21,25,26,30)/t12-/m0/s1. The first kappa shape index (κ1) is 24.5. The Hall–Kier alpha value is -4.75. The van der Waals surface area contributed by atoms with Crippen molar-refractivity contribution in [2.24, 2.45) is 0 Å². The first-order valence-electron chi connectivity index (χ1n) is 9.34. The summed E-state index contributed by atoms with van der Waals surface area (Å²) in [5.74, 6) is -4.50. The molecule has 0 fully saturated rings. The number of carbonyl (C=O) groups excluding carboxylic acids is 2. The molecule has 0 aliphatic carbocycles. The van der Waals surface area contributed by atoms with Gasteiger partial charge in [0.25, 0.3) is 11.5 Å². The van der Waals surface area contributed by atoms with E-state index < -0.39 is 48.2 Å². The van der Waals surface area contributed by atoms with E-state index in [1.807, 2.05) is 0 Å². The molecular weight excluding hydrogens is 438 g/mol. The molecule has 2 amide bonds. The van der Waals surface area contributed by atoms with Gasteiger partial charge in [-0.1, -0.05) is 6.58 Å². The van der Waals surface area contributed by atoms with Gasteiger partial charge < -0.3 is 32.3 Å². The number of carboxylic acids is 2. The number of nitrogens with one attached hydrogen (secondary N) is 3. The van der Waals surface area contributed by atoms with Crippen molar-refractivity contribution in [1.29, 1.82) is 0 Å². The van der Waals surface area contributed by atoms with Gasteiger partial charge in [0.05, 0.1) is 23.4 Å². The highest BCUT2D eigenvalue weighted by Crippen LogP contribution is 2.17. The predicted octanol–water partition coefficient (Wildman–Crippen LogP) is -0.799. The Labute approximate surface area is 185 Å². The number of nitrogens with two attached hydrogens (primary N) is 2. The lowest BCUT2D eigenvalue weighted by Crippen LogP contribution is -2.41. The molecule has 9 N–H and O–H groups in total. The summed E-state index contributed by atoms with van der Waals surface area (Å²) in [5, 5.41) is 22.6. The zero-order valence-corrected chi connectivity index (χ0v) is 17.1. The van der Waals surface area contributed by atoms with E-state index in [2.05, 4.69) is 32.2 Å². The molecule has 33 heavy (non-hydrogen) atoms. The molecule has 14 heteroatoms. The van der Waals surface area contributed by atoms with E-state index in [1.165, 1.54) is 18.2 Å². The lowest BCUT2D eigenvalue weighted by Gasteiger charge is -2.14. The highest BCUT2D eigenvalue weighted by Gasteiger charge is 2.23. The SMILES string of the molecule is C=Cc1nc(C(=O)N[C@@H](CCC(=O)O)C(=O)O)ccc1NC(=O)Cc1c(N)nc(N)[nH]c1=O. The van der Waals surface area contributed by atoms with Crippen LogP contribution in [0.25, 0.3) is 6.08 Å². The number of anilines is 3. The normalized spacial score (nSPS) is 11.3. The summed E-state index contributed by atoms with van der Waals surface area (Å²) in [5.41, 5.74) is 10.3. The number of pyridine rings is 1. The van der Waals surface area contributed by atoms with E-state index >= 15 is 0 Å². The Morgan fingerprint density at radius 1 is 1.18 bits per heavy atom. The summed E-state index contributed by atoms with van der Waals surface area (Å²) in [6, 6.07) is 1.12. The fourth-order valence-corrected chi connectivity index (χ4v) is 2.68. The van der Waals surface area contributed by atoms with Crippen LogP contribution in [-0.4, -0.2) is 55.0 Å². The highest BCUT2D eigenvalue weighted by molar-refractivity contribution is 5.97. The molecule has 0 saturated carbocycles. The van der Waals surface area contributed by atoms with Gasteiger partial charge in [0.15, 0.2) is 0 Å². The Bertz CT molecular complexity index is 1180. The second kappa shape index (κ2) is 10.5. The third-order valence-corrected chi connectivity index (χ3v) is 4.28. The van der Waals surface area contributed by atoms with E-state index in [1.54, 1.807) is 0 Å². The molecule has 0 aliphatic heterocycles. The molecule has 2 aromatic rings. The molecular formula is C19H21N7O7. The van der Waals surface area contributed by atoms with Crippen LogP contribution in [0.2, 0.25) is 0 Å². The first-order valence-corrected chi connectivity index (χ1v) is 9.34. The molecule has 0 radical (unpaired) electrons. The number of rotatable bonds is 10. The van der Waals surface area contributed by atoms with Gasteiger partial charge in [-0.3, -0.25) is 24.2 Å². The number of carboxylic acid groups (broad SMARTS) is 2. The number of carbonyl (C=O) groups is 4. The lowest BCUT2D eigenvalue weighted by atomic mass is 10.1. The van der Waals surface area contributed by atoms with Gasteiger partial charge >= 0.3 is 11.9 Å². The molecule has 0 spiro atoms. The molecule has 2 heterocycles. The molecule has 0 bridgehead atoms. The second-order valence-corrected chi connectivity index (χ2v) is 6.67. The van der Waals surface area contributed by atoms with Gasteiger partial charge in [0, 0.05) is 6.42 Å². The molecule has 2 rings (SSSR count). The third kappa shape index (κ3) is 6.61. The van der Waals surface area contributed by atoms with Crippen LogP contribution in [0, 0.1) is 0 Å². The summed E-state index contributed by atoms with van der Waals surface area (Å²) < 4.78 is 0. The Morgan fingerprint density at radius 2 is 1.88 bits per heavy atom. The van der Waals surface area contributed by atoms with E-state index in [9.17, 15) is 24.0 Å². The largest absolute Gasteiger partial charge is 0.481 e. The molecule has 174 valence electrons. The number of nitrogen functional groups attached to an aromatic ring is 2. The highest BCUT2D eigenvalue weighted by atomic mass is 16.4. The molecule has 14 nitrogen and oxygen atoms in total. The maximum absolute atomic E-state index is 12.4.